The Bertz CT molecular complexity index is 236. The first kappa shape index (κ1) is 13.1. The molecule has 0 aromatic carbocycles. The van der Waals surface area contributed by atoms with Crippen molar-refractivity contribution in [2.45, 2.75) is 18.9 Å². The van der Waals surface area contributed by atoms with Crippen LogP contribution >= 0.6 is 12.4 Å². The Morgan fingerprint density at radius 3 is 2.23 bits per heavy atom. The van der Waals surface area contributed by atoms with Crippen molar-refractivity contribution in [3.8, 4) is 0 Å². The fraction of sp³-hybridized carbons (Fsp3) is 1.00. The minimum absolute atomic E-state index is 0. The predicted molar refractivity (Wildman–Crippen MR) is 54.0 cm³/mol. The van der Waals surface area contributed by atoms with E-state index in [1.54, 1.807) is 0 Å². The molecule has 0 aromatic rings. The molecule has 0 atom stereocenters. The molecule has 0 bridgehead atoms. The van der Waals surface area contributed by atoms with E-state index < -0.39 is 10.2 Å². The molecule has 1 heterocycles. The third-order valence-electron chi connectivity index (χ3n) is 2.10. The lowest BCUT2D eigenvalue weighted by molar-refractivity contribution is 0.317. The van der Waals surface area contributed by atoms with E-state index >= 15 is 0 Å². The minimum atomic E-state index is -3.22. The highest BCUT2D eigenvalue weighted by Gasteiger charge is 2.24. The Balaban J connectivity index is 0.00000144. The van der Waals surface area contributed by atoms with Gasteiger partial charge in [0.1, 0.15) is 0 Å². The number of halogens is 1. The maximum atomic E-state index is 11.2. The summed E-state index contributed by atoms with van der Waals surface area (Å²) < 4.78 is 26.2. The van der Waals surface area contributed by atoms with Crippen molar-refractivity contribution >= 4 is 22.6 Å². The summed E-state index contributed by atoms with van der Waals surface area (Å²) in [6.07, 6.45) is 1.50. The van der Waals surface area contributed by atoms with E-state index in [0.29, 0.717) is 13.1 Å². The molecule has 1 rings (SSSR count). The van der Waals surface area contributed by atoms with Crippen LogP contribution in [0.2, 0.25) is 0 Å². The molecule has 0 aliphatic carbocycles. The van der Waals surface area contributed by atoms with Crippen molar-refractivity contribution in [1.29, 1.82) is 0 Å². The number of nitrogens with one attached hydrogen (secondary N) is 1. The summed E-state index contributed by atoms with van der Waals surface area (Å²) in [5.41, 5.74) is 5.64. The molecule has 0 unspecified atom stereocenters. The molecule has 13 heavy (non-hydrogen) atoms. The smallest absolute Gasteiger partial charge is 0.279 e. The van der Waals surface area contributed by atoms with E-state index in [2.05, 4.69) is 4.72 Å². The summed E-state index contributed by atoms with van der Waals surface area (Å²) in [7, 11) is -1.80. The largest absolute Gasteiger partial charge is 0.328 e. The van der Waals surface area contributed by atoms with Gasteiger partial charge in [-0.3, -0.25) is 0 Å². The molecule has 0 amide bonds. The predicted octanol–water partition coefficient (Wildman–Crippen LogP) is -0.704. The summed E-state index contributed by atoms with van der Waals surface area (Å²) in [6, 6.07) is 0.160. The van der Waals surface area contributed by atoms with E-state index in [0.717, 1.165) is 12.8 Å². The number of hydrogen-bond donors (Lipinski definition) is 2. The maximum Gasteiger partial charge on any atom is 0.279 e. The van der Waals surface area contributed by atoms with Crippen LogP contribution in [-0.4, -0.2) is 38.9 Å². The zero-order valence-corrected chi connectivity index (χ0v) is 9.20. The minimum Gasteiger partial charge on any atom is -0.328 e. The van der Waals surface area contributed by atoms with Gasteiger partial charge in [0.15, 0.2) is 0 Å². The number of piperidine rings is 1. The Labute approximate surface area is 85.3 Å². The lowest BCUT2D eigenvalue weighted by Gasteiger charge is -2.28. The van der Waals surface area contributed by atoms with Crippen molar-refractivity contribution in [3.63, 3.8) is 0 Å². The molecule has 0 spiro atoms. The number of rotatable bonds is 2. The Morgan fingerprint density at radius 2 is 1.85 bits per heavy atom. The van der Waals surface area contributed by atoms with Crippen molar-refractivity contribution < 1.29 is 8.42 Å². The molecule has 7 heteroatoms. The molecule has 0 radical (unpaired) electrons. The van der Waals surface area contributed by atoms with Crippen molar-refractivity contribution in [2.75, 3.05) is 20.1 Å². The topological polar surface area (TPSA) is 75.4 Å². The van der Waals surface area contributed by atoms with Crippen LogP contribution in [0.25, 0.3) is 0 Å². The zero-order chi connectivity index (χ0) is 9.19. The standard InChI is InChI=1S/C6H15N3O2S.ClH/c1-8-12(10,11)9-4-2-6(7)3-5-9;/h6,8H,2-5,7H2,1H3;1H. The summed E-state index contributed by atoms with van der Waals surface area (Å²) in [5.74, 6) is 0. The van der Waals surface area contributed by atoms with Crippen LogP contribution in [0.15, 0.2) is 0 Å². The van der Waals surface area contributed by atoms with Crippen LogP contribution in [0.4, 0.5) is 0 Å². The van der Waals surface area contributed by atoms with E-state index in [-0.39, 0.29) is 18.4 Å². The fourth-order valence-electron chi connectivity index (χ4n) is 1.25. The van der Waals surface area contributed by atoms with E-state index in [1.807, 2.05) is 0 Å². The van der Waals surface area contributed by atoms with Crippen LogP contribution < -0.4 is 10.5 Å². The molecule has 0 aromatic heterocycles. The molecule has 0 saturated carbocycles. The number of nitrogens with zero attached hydrogens (tertiary/aromatic N) is 1. The molecular formula is C6H16ClN3O2S. The van der Waals surface area contributed by atoms with Crippen LogP contribution in [0.5, 0.6) is 0 Å². The van der Waals surface area contributed by atoms with Gasteiger partial charge in [-0.1, -0.05) is 0 Å². The van der Waals surface area contributed by atoms with Gasteiger partial charge < -0.3 is 5.73 Å². The maximum absolute atomic E-state index is 11.2. The van der Waals surface area contributed by atoms with E-state index in [9.17, 15) is 8.42 Å². The summed E-state index contributed by atoms with van der Waals surface area (Å²) in [6.45, 7) is 1.06. The monoisotopic (exact) mass is 229 g/mol. The van der Waals surface area contributed by atoms with Gasteiger partial charge in [-0.25, -0.2) is 4.72 Å². The van der Waals surface area contributed by atoms with Gasteiger partial charge in [0.05, 0.1) is 0 Å². The molecule has 5 nitrogen and oxygen atoms in total. The molecule has 1 saturated heterocycles. The normalized spacial score (nSPS) is 21.1. The number of hydrogen-bond acceptors (Lipinski definition) is 3. The second kappa shape index (κ2) is 5.11. The van der Waals surface area contributed by atoms with Gasteiger partial charge in [0, 0.05) is 26.2 Å². The van der Waals surface area contributed by atoms with Gasteiger partial charge in [-0.2, -0.15) is 12.7 Å². The molecule has 80 valence electrons. The highest BCUT2D eigenvalue weighted by atomic mass is 35.5. The van der Waals surface area contributed by atoms with Crippen LogP contribution in [0.1, 0.15) is 12.8 Å². The first-order chi connectivity index (χ1) is 5.56. The van der Waals surface area contributed by atoms with Gasteiger partial charge in [0.2, 0.25) is 0 Å². The van der Waals surface area contributed by atoms with E-state index in [1.165, 1.54) is 11.4 Å². The summed E-state index contributed by atoms with van der Waals surface area (Å²) in [5, 5.41) is 0. The molecular weight excluding hydrogens is 214 g/mol. The lowest BCUT2D eigenvalue weighted by Crippen LogP contribution is -2.46. The van der Waals surface area contributed by atoms with Gasteiger partial charge in [0.25, 0.3) is 10.2 Å². The van der Waals surface area contributed by atoms with Gasteiger partial charge in [-0.05, 0) is 12.8 Å². The Morgan fingerprint density at radius 1 is 1.38 bits per heavy atom. The highest BCUT2D eigenvalue weighted by Crippen LogP contribution is 2.10. The molecule has 1 aliphatic heterocycles. The second-order valence-electron chi connectivity index (χ2n) is 2.95. The fourth-order valence-corrected chi connectivity index (χ4v) is 2.19. The van der Waals surface area contributed by atoms with Crippen LogP contribution in [-0.2, 0) is 10.2 Å². The molecule has 3 N–H and O–H groups in total. The Hall–Kier alpha value is 0.120. The third kappa shape index (κ3) is 3.40. The van der Waals surface area contributed by atoms with E-state index in [4.69, 9.17) is 5.73 Å². The van der Waals surface area contributed by atoms with Crippen molar-refractivity contribution in [1.82, 2.24) is 9.03 Å². The van der Waals surface area contributed by atoms with Gasteiger partial charge >= 0.3 is 0 Å². The average molecular weight is 230 g/mol. The van der Waals surface area contributed by atoms with Gasteiger partial charge in [-0.15, -0.1) is 12.4 Å². The SMILES string of the molecule is CNS(=O)(=O)N1CCC(N)CC1.Cl. The quantitative estimate of drug-likeness (QED) is 0.657. The second-order valence-corrected chi connectivity index (χ2v) is 4.82. The lowest BCUT2D eigenvalue weighted by atomic mass is 10.1. The number of nitrogens with two attached hydrogens (primary N) is 1. The van der Waals surface area contributed by atoms with Crippen molar-refractivity contribution in [2.24, 2.45) is 5.73 Å². The van der Waals surface area contributed by atoms with Crippen LogP contribution in [0.3, 0.4) is 0 Å². The van der Waals surface area contributed by atoms with Crippen LogP contribution in [0, 0.1) is 0 Å². The molecule has 1 fully saturated rings. The first-order valence-electron chi connectivity index (χ1n) is 4.00. The molecule has 1 aliphatic rings. The highest BCUT2D eigenvalue weighted by molar-refractivity contribution is 7.87. The third-order valence-corrected chi connectivity index (χ3v) is 3.66. The Kier molecular flexibility index (Phi) is 5.16. The summed E-state index contributed by atoms with van der Waals surface area (Å²) in [4.78, 5) is 0. The summed E-state index contributed by atoms with van der Waals surface area (Å²) >= 11 is 0. The zero-order valence-electron chi connectivity index (χ0n) is 7.56. The average Bonchev–Trinajstić information content (AvgIpc) is 2.05. The first-order valence-corrected chi connectivity index (χ1v) is 5.44. The van der Waals surface area contributed by atoms with Crippen molar-refractivity contribution in [3.05, 3.63) is 0 Å².